The van der Waals surface area contributed by atoms with Crippen LogP contribution in [0.25, 0.3) is 22.8 Å². The molecule has 1 N–H and O–H groups in total. The second-order valence-electron chi connectivity index (χ2n) is 8.23. The van der Waals surface area contributed by atoms with E-state index in [1.807, 2.05) is 91.2 Å². The molecular formula is C31H29N5O2RuS+. The second-order valence-corrected chi connectivity index (χ2v) is 9.14. The molecule has 0 fully saturated rings. The topological polar surface area (TPSA) is 93.4 Å². The first kappa shape index (κ1) is 30.6. The molecule has 7 nitrogen and oxygen atoms in total. The Labute approximate surface area is 251 Å². The van der Waals surface area contributed by atoms with Crippen molar-refractivity contribution in [1.82, 2.24) is 19.9 Å². The van der Waals surface area contributed by atoms with E-state index in [0.29, 0.717) is 18.1 Å². The van der Waals surface area contributed by atoms with Gasteiger partial charge in [-0.2, -0.15) is 11.8 Å². The van der Waals surface area contributed by atoms with Crippen molar-refractivity contribution in [1.29, 1.82) is 0 Å². The van der Waals surface area contributed by atoms with E-state index >= 15 is 0 Å². The summed E-state index contributed by atoms with van der Waals surface area (Å²) in [4.78, 5) is 21.2. The molecule has 1 atom stereocenters. The van der Waals surface area contributed by atoms with Crippen molar-refractivity contribution in [3.05, 3.63) is 127 Å². The van der Waals surface area contributed by atoms with Gasteiger partial charge in [0.1, 0.15) is 12.4 Å². The van der Waals surface area contributed by atoms with E-state index in [0.717, 1.165) is 28.5 Å². The van der Waals surface area contributed by atoms with Gasteiger partial charge in [0, 0.05) is 30.5 Å². The van der Waals surface area contributed by atoms with Crippen molar-refractivity contribution in [3.63, 3.8) is 0 Å². The summed E-state index contributed by atoms with van der Waals surface area (Å²) in [6, 6.07) is 30.5. The molecule has 0 unspecified atom stereocenters. The number of nitrogens with zero attached hydrogens (tertiary/aromatic N) is 5. The summed E-state index contributed by atoms with van der Waals surface area (Å²) in [7, 11) is 0. The van der Waals surface area contributed by atoms with Crippen molar-refractivity contribution in [3.8, 4) is 28.5 Å². The zero-order valence-corrected chi connectivity index (χ0v) is 24.4. The Morgan fingerprint density at radius 1 is 0.675 bits per heavy atom. The molecule has 6 rings (SSSR count). The molecule has 4 aromatic heterocycles. The molecule has 1 aliphatic rings. The van der Waals surface area contributed by atoms with E-state index in [4.69, 9.17) is 4.74 Å². The predicted octanol–water partition coefficient (Wildman–Crippen LogP) is 6.19. The minimum Gasteiger partial charge on any atom is -0.507 e. The van der Waals surface area contributed by atoms with Gasteiger partial charge in [-0.1, -0.05) is 36.4 Å². The van der Waals surface area contributed by atoms with Gasteiger partial charge in [-0.05, 0) is 66.9 Å². The van der Waals surface area contributed by atoms with Crippen LogP contribution in [-0.4, -0.2) is 55.6 Å². The van der Waals surface area contributed by atoms with Crippen molar-refractivity contribution in [2.75, 3.05) is 18.6 Å². The molecule has 5 aromatic rings. The Morgan fingerprint density at radius 3 is 1.48 bits per heavy atom. The summed E-state index contributed by atoms with van der Waals surface area (Å²) >= 11 is 1.75. The molecule has 1 radical (unpaired) electrons. The SMILES string of the molecule is CSC[C@H]1COC(c2ccccc2O)=N1.[Ru+].c1ccc(-c2ccccn2)nc1.c1ccc(-c2ccccn2)nc1. The number of ether oxygens (including phenoxy) is 1. The quantitative estimate of drug-likeness (QED) is 0.230. The fraction of sp³-hybridized carbons (Fsp3) is 0.129. The first-order valence-corrected chi connectivity index (χ1v) is 13.8. The number of aliphatic imine (C=N–C) groups is 1. The molecule has 5 heterocycles. The number of thioether (sulfide) groups is 1. The van der Waals surface area contributed by atoms with E-state index < -0.39 is 0 Å². The minimum atomic E-state index is 0. The van der Waals surface area contributed by atoms with Crippen LogP contribution in [0.15, 0.2) is 127 Å². The molecule has 40 heavy (non-hydrogen) atoms. The fourth-order valence-electron chi connectivity index (χ4n) is 3.55. The Hall–Kier alpha value is -3.94. The number of hydrogen-bond donors (Lipinski definition) is 1. The van der Waals surface area contributed by atoms with Gasteiger partial charge in [-0.25, -0.2) is 4.99 Å². The van der Waals surface area contributed by atoms with Crippen molar-refractivity contribution >= 4 is 17.7 Å². The summed E-state index contributed by atoms with van der Waals surface area (Å²) in [5.41, 5.74) is 4.34. The zero-order valence-electron chi connectivity index (χ0n) is 21.9. The van der Waals surface area contributed by atoms with E-state index in [1.54, 1.807) is 48.7 Å². The smallest absolute Gasteiger partial charge is 0.507 e. The van der Waals surface area contributed by atoms with E-state index in [-0.39, 0.29) is 31.3 Å². The normalized spacial score (nSPS) is 13.2. The Bertz CT molecular complexity index is 1280. The molecular weight excluding hydrogens is 608 g/mol. The molecule has 203 valence electrons. The van der Waals surface area contributed by atoms with Crippen LogP contribution in [0.2, 0.25) is 0 Å². The first-order valence-electron chi connectivity index (χ1n) is 12.4. The average Bonchev–Trinajstić information content (AvgIpc) is 3.48. The molecule has 9 heteroatoms. The number of benzene rings is 1. The number of rotatable bonds is 5. The molecule has 1 aliphatic heterocycles. The van der Waals surface area contributed by atoms with Gasteiger partial charge in [0.25, 0.3) is 0 Å². The van der Waals surface area contributed by atoms with Crippen molar-refractivity contribution < 1.29 is 29.3 Å². The van der Waals surface area contributed by atoms with Crippen LogP contribution < -0.4 is 0 Å². The van der Waals surface area contributed by atoms with Crippen LogP contribution in [0.1, 0.15) is 5.56 Å². The third-order valence-corrected chi connectivity index (χ3v) is 6.11. The van der Waals surface area contributed by atoms with Gasteiger partial charge in [0.2, 0.25) is 5.90 Å². The van der Waals surface area contributed by atoms with Gasteiger partial charge < -0.3 is 9.84 Å². The van der Waals surface area contributed by atoms with Gasteiger partial charge in [-0.15, -0.1) is 0 Å². The van der Waals surface area contributed by atoms with Crippen molar-refractivity contribution in [2.45, 2.75) is 6.04 Å². The van der Waals surface area contributed by atoms with Gasteiger partial charge in [0.05, 0.1) is 34.4 Å². The van der Waals surface area contributed by atoms with Crippen LogP contribution in [0.3, 0.4) is 0 Å². The summed E-state index contributed by atoms with van der Waals surface area (Å²) < 4.78 is 5.46. The standard InChI is InChI=1S/C11H13NO2S.2C10H8N2.Ru/c1-15-7-8-6-14-11(12-8)9-4-2-3-5-10(9)13;2*1-3-7-11-9(5-1)10-6-2-4-8-12-10;/h2-5,8,13H,6-7H2,1H3;2*1-8H;/q;;;+1/t8-;;;/m1.../s1. The van der Waals surface area contributed by atoms with Crippen LogP contribution >= 0.6 is 11.8 Å². The van der Waals surface area contributed by atoms with Crippen LogP contribution in [0, 0.1) is 0 Å². The number of phenolic OH excluding ortho intramolecular Hbond substituents is 1. The van der Waals surface area contributed by atoms with E-state index in [1.165, 1.54) is 0 Å². The number of aromatic nitrogens is 4. The van der Waals surface area contributed by atoms with Gasteiger partial charge >= 0.3 is 19.5 Å². The molecule has 0 bridgehead atoms. The van der Waals surface area contributed by atoms with Crippen LogP contribution in [0.4, 0.5) is 0 Å². The van der Waals surface area contributed by atoms with E-state index in [2.05, 4.69) is 24.9 Å². The molecule has 0 amide bonds. The molecule has 0 spiro atoms. The molecule has 0 saturated carbocycles. The maximum Gasteiger partial charge on any atom is 1.00 e. The third kappa shape index (κ3) is 9.36. The number of hydrogen-bond acceptors (Lipinski definition) is 8. The number of aromatic hydroxyl groups is 1. The maximum absolute atomic E-state index is 9.62. The van der Waals surface area contributed by atoms with Gasteiger partial charge in [0.15, 0.2) is 0 Å². The predicted molar refractivity (Wildman–Crippen MR) is 158 cm³/mol. The maximum atomic E-state index is 9.62. The van der Waals surface area contributed by atoms with Gasteiger partial charge in [-0.3, -0.25) is 19.9 Å². The molecule has 1 aromatic carbocycles. The van der Waals surface area contributed by atoms with Crippen molar-refractivity contribution in [2.24, 2.45) is 4.99 Å². The fourth-order valence-corrected chi connectivity index (χ4v) is 4.11. The average molecular weight is 637 g/mol. The Balaban J connectivity index is 0.000000165. The number of pyridine rings is 4. The Morgan fingerprint density at radius 2 is 1.10 bits per heavy atom. The molecule has 0 saturated heterocycles. The largest absolute Gasteiger partial charge is 1.00 e. The first-order chi connectivity index (χ1) is 19.2. The molecule has 0 aliphatic carbocycles. The minimum absolute atomic E-state index is 0. The van der Waals surface area contributed by atoms with Crippen LogP contribution in [-0.2, 0) is 24.2 Å². The summed E-state index contributed by atoms with van der Waals surface area (Å²) in [6.45, 7) is 0.616. The number of para-hydroxylation sites is 1. The number of phenols is 1. The summed E-state index contributed by atoms with van der Waals surface area (Å²) in [5, 5.41) is 9.62. The van der Waals surface area contributed by atoms with E-state index in [9.17, 15) is 5.11 Å². The van der Waals surface area contributed by atoms with Crippen LogP contribution in [0.5, 0.6) is 5.75 Å². The third-order valence-electron chi connectivity index (χ3n) is 5.39. The monoisotopic (exact) mass is 637 g/mol. The summed E-state index contributed by atoms with van der Waals surface area (Å²) in [6.07, 6.45) is 9.12. The second kappa shape index (κ2) is 16.9. The Kier molecular flexibility index (Phi) is 12.9. The summed E-state index contributed by atoms with van der Waals surface area (Å²) in [5.74, 6) is 1.74. The zero-order chi connectivity index (χ0) is 27.1.